The first kappa shape index (κ1) is 16.1. The zero-order chi connectivity index (χ0) is 16.3. The Labute approximate surface area is 129 Å². The molecule has 6 heteroatoms. The molecule has 1 aliphatic heterocycles. The van der Waals surface area contributed by atoms with Crippen LogP contribution in [0.1, 0.15) is 40.0 Å². The predicted octanol–water partition coefficient (Wildman–Crippen LogP) is 3.34. The Morgan fingerprint density at radius 1 is 1.27 bits per heavy atom. The Morgan fingerprint density at radius 2 is 2.00 bits per heavy atom. The van der Waals surface area contributed by atoms with Crippen LogP contribution in [-0.2, 0) is 4.79 Å². The minimum absolute atomic E-state index is 0.239. The van der Waals surface area contributed by atoms with E-state index < -0.39 is 11.9 Å². The van der Waals surface area contributed by atoms with E-state index in [1.165, 1.54) is 7.05 Å². The van der Waals surface area contributed by atoms with Gasteiger partial charge in [-0.25, -0.2) is 4.79 Å². The van der Waals surface area contributed by atoms with Crippen LogP contribution < -0.4 is 14.2 Å². The van der Waals surface area contributed by atoms with Crippen molar-refractivity contribution in [2.24, 2.45) is 0 Å². The largest absolute Gasteiger partial charge is 0.449 e. The molecule has 2 amide bonds. The number of para-hydroxylation sites is 1. The van der Waals surface area contributed by atoms with E-state index in [9.17, 15) is 9.59 Å². The monoisotopic (exact) mass is 307 g/mol. The Balaban J connectivity index is 2.08. The summed E-state index contributed by atoms with van der Waals surface area (Å²) in [6, 6.07) is 5.04. The lowest BCUT2D eigenvalue weighted by Crippen LogP contribution is -2.35. The summed E-state index contributed by atoms with van der Waals surface area (Å²) in [6.45, 7) is 5.51. The second-order valence-corrected chi connectivity index (χ2v) is 5.61. The maximum atomic E-state index is 12.1. The Kier molecular flexibility index (Phi) is 4.59. The van der Waals surface area contributed by atoms with Crippen molar-refractivity contribution in [3.05, 3.63) is 18.2 Å². The number of fused-ring (bicyclic) bond motifs is 1. The van der Waals surface area contributed by atoms with E-state index in [2.05, 4.69) is 0 Å². The van der Waals surface area contributed by atoms with Gasteiger partial charge >= 0.3 is 6.09 Å². The lowest BCUT2D eigenvalue weighted by Gasteiger charge is -2.17. The van der Waals surface area contributed by atoms with Gasteiger partial charge in [-0.05, 0) is 18.6 Å². The molecule has 0 atom stereocenters. The zero-order valence-corrected chi connectivity index (χ0v) is 13.3. The summed E-state index contributed by atoms with van der Waals surface area (Å²) in [4.78, 5) is 24.9. The van der Waals surface area contributed by atoms with Gasteiger partial charge in [-0.15, -0.1) is 0 Å². The molecule has 0 N–H and O–H groups in total. The molecule has 0 saturated carbocycles. The smallest absolute Gasteiger partial charge is 0.421 e. The molecule has 0 bridgehead atoms. The average Bonchev–Trinajstić information content (AvgIpc) is 2.78. The van der Waals surface area contributed by atoms with Gasteiger partial charge in [-0.3, -0.25) is 9.69 Å². The van der Waals surface area contributed by atoms with Gasteiger partial charge in [0.05, 0.1) is 0 Å². The van der Waals surface area contributed by atoms with Gasteiger partial charge < -0.3 is 14.2 Å². The summed E-state index contributed by atoms with van der Waals surface area (Å²) in [5.74, 6) is 0.0406. The van der Waals surface area contributed by atoms with E-state index in [0.29, 0.717) is 17.9 Å². The topological polar surface area (TPSA) is 65.1 Å². The number of hydrogen-bond acceptors (Lipinski definition) is 5. The fourth-order valence-electron chi connectivity index (χ4n) is 2.05. The molecule has 2 rings (SSSR count). The molecule has 1 heterocycles. The number of rotatable bonds is 4. The summed E-state index contributed by atoms with van der Waals surface area (Å²) >= 11 is 0. The highest BCUT2D eigenvalue weighted by Gasteiger charge is 2.35. The van der Waals surface area contributed by atoms with Crippen LogP contribution in [0.3, 0.4) is 0 Å². The fourth-order valence-corrected chi connectivity index (χ4v) is 2.05. The number of imide groups is 1. The van der Waals surface area contributed by atoms with Crippen molar-refractivity contribution in [3.63, 3.8) is 0 Å². The van der Waals surface area contributed by atoms with E-state index >= 15 is 0 Å². The second-order valence-electron chi connectivity index (χ2n) is 5.61. The van der Waals surface area contributed by atoms with Crippen LogP contribution >= 0.6 is 0 Å². The predicted molar refractivity (Wildman–Crippen MR) is 80.1 cm³/mol. The first-order chi connectivity index (χ1) is 10.3. The molecule has 1 aliphatic rings. The molecule has 1 aromatic rings. The van der Waals surface area contributed by atoms with Gasteiger partial charge in [-0.1, -0.05) is 19.4 Å². The molecule has 6 nitrogen and oxygen atoms in total. The van der Waals surface area contributed by atoms with Crippen molar-refractivity contribution in [1.29, 1.82) is 0 Å². The average molecular weight is 307 g/mol. The molecule has 22 heavy (non-hydrogen) atoms. The zero-order valence-electron chi connectivity index (χ0n) is 13.3. The van der Waals surface area contributed by atoms with Crippen LogP contribution in [0.4, 0.5) is 4.79 Å². The van der Waals surface area contributed by atoms with Gasteiger partial charge in [0.25, 0.3) is 0 Å². The third-order valence-electron chi connectivity index (χ3n) is 3.24. The lowest BCUT2D eigenvalue weighted by atomic mass is 10.2. The Hall–Kier alpha value is -2.24. The minimum Gasteiger partial charge on any atom is -0.449 e. The number of hydrogen-bond donors (Lipinski definition) is 0. The molecule has 0 spiro atoms. The summed E-state index contributed by atoms with van der Waals surface area (Å²) in [7, 11) is 1.41. The van der Waals surface area contributed by atoms with Crippen molar-refractivity contribution >= 4 is 12.0 Å². The van der Waals surface area contributed by atoms with Crippen LogP contribution in [0.5, 0.6) is 17.2 Å². The Bertz CT molecular complexity index is 582. The molecule has 0 aliphatic carbocycles. The van der Waals surface area contributed by atoms with Gasteiger partial charge in [-0.2, -0.15) is 0 Å². The molecular formula is C16H21NO5. The number of nitrogens with zero attached hydrogens (tertiary/aromatic N) is 1. The number of ether oxygens (including phenoxy) is 3. The third kappa shape index (κ3) is 3.50. The van der Waals surface area contributed by atoms with Crippen molar-refractivity contribution < 1.29 is 23.8 Å². The van der Waals surface area contributed by atoms with E-state index in [1.54, 1.807) is 32.0 Å². The number of carbonyl (C=O) groups excluding carboxylic acids is 2. The quantitative estimate of drug-likeness (QED) is 0.853. The van der Waals surface area contributed by atoms with E-state index in [-0.39, 0.29) is 11.7 Å². The van der Waals surface area contributed by atoms with Crippen LogP contribution in [0.25, 0.3) is 0 Å². The standard InChI is InChI=1S/C16H21NO5/c1-5-6-10-13(18)17(4)15(19)20-11-8-7-9-12-14(11)22-16(2,3)21-12/h7-9H,5-6,10H2,1-4H3. The highest BCUT2D eigenvalue weighted by atomic mass is 16.7. The SMILES string of the molecule is CCCCC(=O)N(C)C(=O)Oc1cccc2c1OC(C)(C)O2. The first-order valence-electron chi connectivity index (χ1n) is 7.33. The first-order valence-corrected chi connectivity index (χ1v) is 7.33. The van der Waals surface area contributed by atoms with Gasteiger partial charge in [0.2, 0.25) is 17.4 Å². The van der Waals surface area contributed by atoms with Crippen LogP contribution in [0, 0.1) is 0 Å². The molecule has 120 valence electrons. The Morgan fingerprint density at radius 3 is 2.68 bits per heavy atom. The highest BCUT2D eigenvalue weighted by Crippen LogP contribution is 2.45. The number of amides is 2. The van der Waals surface area contributed by atoms with Crippen LogP contribution in [0.15, 0.2) is 18.2 Å². The molecule has 0 unspecified atom stereocenters. The van der Waals surface area contributed by atoms with E-state index in [4.69, 9.17) is 14.2 Å². The second kappa shape index (κ2) is 6.25. The van der Waals surface area contributed by atoms with Crippen LogP contribution in [-0.4, -0.2) is 29.7 Å². The summed E-state index contributed by atoms with van der Waals surface area (Å²) in [6.07, 6.45) is 1.22. The molecule has 0 saturated heterocycles. The third-order valence-corrected chi connectivity index (χ3v) is 3.24. The van der Waals surface area contributed by atoms with Crippen molar-refractivity contribution in [2.45, 2.75) is 45.8 Å². The maximum absolute atomic E-state index is 12.1. The van der Waals surface area contributed by atoms with E-state index in [1.807, 2.05) is 6.92 Å². The number of carbonyl (C=O) groups is 2. The number of unbranched alkanes of at least 4 members (excludes halogenated alkanes) is 1. The molecule has 1 aromatic carbocycles. The minimum atomic E-state index is -0.812. The molecule has 0 aromatic heterocycles. The molecular weight excluding hydrogens is 286 g/mol. The summed E-state index contributed by atoms with van der Waals surface area (Å²) in [5, 5.41) is 0. The number of benzene rings is 1. The van der Waals surface area contributed by atoms with Crippen molar-refractivity contribution in [3.8, 4) is 17.2 Å². The van der Waals surface area contributed by atoms with Crippen LogP contribution in [0.2, 0.25) is 0 Å². The fraction of sp³-hybridized carbons (Fsp3) is 0.500. The normalized spacial score (nSPS) is 14.5. The van der Waals surface area contributed by atoms with Crippen molar-refractivity contribution in [1.82, 2.24) is 4.90 Å². The highest BCUT2D eigenvalue weighted by molar-refractivity contribution is 5.92. The van der Waals surface area contributed by atoms with Crippen molar-refractivity contribution in [2.75, 3.05) is 7.05 Å². The lowest BCUT2D eigenvalue weighted by molar-refractivity contribution is -0.128. The molecule has 0 radical (unpaired) electrons. The maximum Gasteiger partial charge on any atom is 0.421 e. The van der Waals surface area contributed by atoms with Gasteiger partial charge in [0.1, 0.15) is 0 Å². The summed E-state index contributed by atoms with van der Waals surface area (Å²) < 4.78 is 16.5. The van der Waals surface area contributed by atoms with Gasteiger partial charge in [0.15, 0.2) is 11.5 Å². The summed E-state index contributed by atoms with van der Waals surface area (Å²) in [5.41, 5.74) is 0. The molecule has 0 fully saturated rings. The van der Waals surface area contributed by atoms with Gasteiger partial charge in [0, 0.05) is 27.3 Å². The van der Waals surface area contributed by atoms with E-state index in [0.717, 1.165) is 17.7 Å².